The number of hydrogen-bond acceptors (Lipinski definition) is 5. The molecule has 0 aromatic heterocycles. The number of rotatable bonds is 6. The number of hydrogen-bond donors (Lipinski definition) is 0. The second kappa shape index (κ2) is 9.05. The smallest absolute Gasteiger partial charge is 0.347 e. The first-order valence-corrected chi connectivity index (χ1v) is 6.12. The normalized spacial score (nSPS) is 10.7. The molecule has 5 nitrogen and oxygen atoms in total. The van der Waals surface area contributed by atoms with Gasteiger partial charge in [0.05, 0.1) is 24.8 Å². The predicted octanol–water partition coefficient (Wildman–Crippen LogP) is 2.71. The third kappa shape index (κ3) is 4.98. The molecule has 0 N–H and O–H groups in total. The molecular weight excluding hydrogens is 282 g/mol. The summed E-state index contributed by atoms with van der Waals surface area (Å²) >= 11 is 0. The van der Waals surface area contributed by atoms with Crippen LogP contribution in [-0.2, 0) is 9.53 Å². The number of carbonyl (C=O) groups is 1. The molecule has 1 unspecified atom stereocenters. The zero-order valence-electron chi connectivity index (χ0n) is 11.7. The molecule has 1 aromatic rings. The van der Waals surface area contributed by atoms with E-state index in [1.807, 2.05) is 13.0 Å². The zero-order chi connectivity index (χ0) is 14.3. The van der Waals surface area contributed by atoms with Crippen molar-refractivity contribution in [2.45, 2.75) is 26.9 Å². The van der Waals surface area contributed by atoms with Gasteiger partial charge in [0.1, 0.15) is 0 Å². The third-order valence-corrected chi connectivity index (χ3v) is 2.29. The summed E-state index contributed by atoms with van der Waals surface area (Å²) < 4.78 is 15.8. The Morgan fingerprint density at radius 2 is 2.00 bits per heavy atom. The van der Waals surface area contributed by atoms with E-state index in [1.165, 1.54) is 0 Å². The average molecular weight is 300 g/mol. The Hall–Kier alpha value is -1.93. The van der Waals surface area contributed by atoms with Gasteiger partial charge in [0.2, 0.25) is 0 Å². The molecule has 0 saturated carbocycles. The van der Waals surface area contributed by atoms with Crippen LogP contribution in [0.4, 0.5) is 0 Å². The number of nitrogens with zero attached hydrogens (tertiary/aromatic N) is 1. The van der Waals surface area contributed by atoms with Crippen molar-refractivity contribution in [2.24, 2.45) is 0 Å². The van der Waals surface area contributed by atoms with Gasteiger partial charge in [-0.15, -0.1) is 12.4 Å². The number of benzene rings is 1. The molecule has 0 aliphatic heterocycles. The number of esters is 1. The lowest BCUT2D eigenvalue weighted by Gasteiger charge is -2.16. The quantitative estimate of drug-likeness (QED) is 0.755. The topological polar surface area (TPSA) is 68.5 Å². The van der Waals surface area contributed by atoms with E-state index in [0.29, 0.717) is 30.3 Å². The zero-order valence-corrected chi connectivity index (χ0v) is 12.5. The second-order valence-corrected chi connectivity index (χ2v) is 3.72. The fourth-order valence-electron chi connectivity index (χ4n) is 1.44. The van der Waals surface area contributed by atoms with E-state index in [4.69, 9.17) is 19.5 Å². The maximum Gasteiger partial charge on any atom is 0.347 e. The maximum atomic E-state index is 11.5. The minimum absolute atomic E-state index is 0. The van der Waals surface area contributed by atoms with E-state index in [1.54, 1.807) is 32.0 Å². The molecule has 0 amide bonds. The van der Waals surface area contributed by atoms with Gasteiger partial charge in [0.15, 0.2) is 17.6 Å². The lowest BCUT2D eigenvalue weighted by molar-refractivity contribution is -0.150. The van der Waals surface area contributed by atoms with Gasteiger partial charge in [0.25, 0.3) is 0 Å². The van der Waals surface area contributed by atoms with Crippen molar-refractivity contribution in [3.8, 4) is 17.6 Å². The summed E-state index contributed by atoms with van der Waals surface area (Å²) in [4.78, 5) is 11.5. The first-order valence-electron chi connectivity index (χ1n) is 6.12. The molecule has 0 radical (unpaired) electrons. The fraction of sp³-hybridized carbons (Fsp3) is 0.429. The van der Waals surface area contributed by atoms with Gasteiger partial charge in [0, 0.05) is 6.07 Å². The second-order valence-electron chi connectivity index (χ2n) is 3.72. The summed E-state index contributed by atoms with van der Waals surface area (Å²) in [6.45, 7) is 5.92. The van der Waals surface area contributed by atoms with Gasteiger partial charge in [-0.1, -0.05) is 0 Å². The van der Waals surface area contributed by atoms with Gasteiger partial charge in [-0.2, -0.15) is 5.26 Å². The van der Waals surface area contributed by atoms with Crippen LogP contribution in [0.15, 0.2) is 18.2 Å². The SMILES string of the molecule is CCOC(=O)C(C)Oc1ccc(C#N)cc1OCC.Cl. The number of carbonyl (C=O) groups excluding carboxylic acids is 1. The van der Waals surface area contributed by atoms with Crippen LogP contribution in [0.5, 0.6) is 11.5 Å². The van der Waals surface area contributed by atoms with Crippen molar-refractivity contribution >= 4 is 18.4 Å². The Morgan fingerprint density at radius 1 is 1.30 bits per heavy atom. The van der Waals surface area contributed by atoms with Crippen molar-refractivity contribution < 1.29 is 19.0 Å². The molecule has 6 heteroatoms. The lowest BCUT2D eigenvalue weighted by Crippen LogP contribution is -2.26. The minimum atomic E-state index is -0.730. The van der Waals surface area contributed by atoms with Crippen LogP contribution in [0.2, 0.25) is 0 Å². The highest BCUT2D eigenvalue weighted by Gasteiger charge is 2.18. The summed E-state index contributed by atoms with van der Waals surface area (Å²) in [7, 11) is 0. The number of ether oxygens (including phenoxy) is 3. The van der Waals surface area contributed by atoms with Gasteiger partial charge in [-0.3, -0.25) is 0 Å². The Kier molecular flexibility index (Phi) is 8.18. The average Bonchev–Trinajstić information content (AvgIpc) is 2.41. The first-order chi connectivity index (χ1) is 9.12. The molecule has 0 spiro atoms. The Balaban J connectivity index is 0.00000361. The molecule has 0 saturated heterocycles. The van der Waals surface area contributed by atoms with E-state index >= 15 is 0 Å². The summed E-state index contributed by atoms with van der Waals surface area (Å²) in [6.07, 6.45) is -0.730. The molecule has 110 valence electrons. The molecule has 0 bridgehead atoms. The standard InChI is InChI=1S/C14H17NO4.ClH/c1-4-17-13-8-11(9-15)6-7-12(13)19-10(3)14(16)18-5-2;/h6-8,10H,4-5H2,1-3H3;1H. The molecule has 1 atom stereocenters. The van der Waals surface area contributed by atoms with Crippen molar-refractivity contribution in [2.75, 3.05) is 13.2 Å². The molecule has 1 rings (SSSR count). The van der Waals surface area contributed by atoms with Gasteiger partial charge < -0.3 is 14.2 Å². The Morgan fingerprint density at radius 3 is 2.55 bits per heavy atom. The van der Waals surface area contributed by atoms with Crippen LogP contribution < -0.4 is 9.47 Å². The summed E-state index contributed by atoms with van der Waals surface area (Å²) in [5, 5.41) is 8.84. The van der Waals surface area contributed by atoms with Crippen LogP contribution >= 0.6 is 12.4 Å². The van der Waals surface area contributed by atoms with Crippen LogP contribution in [0.3, 0.4) is 0 Å². The van der Waals surface area contributed by atoms with Crippen molar-refractivity contribution in [3.63, 3.8) is 0 Å². The fourth-order valence-corrected chi connectivity index (χ4v) is 1.44. The van der Waals surface area contributed by atoms with Crippen molar-refractivity contribution in [3.05, 3.63) is 23.8 Å². The van der Waals surface area contributed by atoms with Crippen LogP contribution in [0.1, 0.15) is 26.3 Å². The monoisotopic (exact) mass is 299 g/mol. The molecule has 0 aliphatic rings. The first kappa shape index (κ1) is 18.1. The summed E-state index contributed by atoms with van der Waals surface area (Å²) in [5.41, 5.74) is 0.472. The van der Waals surface area contributed by atoms with Crippen LogP contribution in [-0.4, -0.2) is 25.3 Å². The van der Waals surface area contributed by atoms with Gasteiger partial charge in [-0.05, 0) is 32.9 Å². The van der Waals surface area contributed by atoms with Gasteiger partial charge >= 0.3 is 5.97 Å². The largest absolute Gasteiger partial charge is 0.490 e. The highest BCUT2D eigenvalue weighted by Crippen LogP contribution is 2.29. The van der Waals surface area contributed by atoms with Gasteiger partial charge in [-0.25, -0.2) is 4.79 Å². The van der Waals surface area contributed by atoms with Crippen LogP contribution in [0.25, 0.3) is 0 Å². The Bertz CT molecular complexity index is 485. The number of halogens is 1. The summed E-state index contributed by atoms with van der Waals surface area (Å²) in [5.74, 6) is 0.424. The van der Waals surface area contributed by atoms with E-state index in [2.05, 4.69) is 0 Å². The van der Waals surface area contributed by atoms with E-state index in [0.717, 1.165) is 0 Å². The molecular formula is C14H18ClNO4. The molecule has 20 heavy (non-hydrogen) atoms. The van der Waals surface area contributed by atoms with E-state index < -0.39 is 12.1 Å². The molecule has 0 fully saturated rings. The van der Waals surface area contributed by atoms with Crippen molar-refractivity contribution in [1.29, 1.82) is 5.26 Å². The van der Waals surface area contributed by atoms with E-state index in [9.17, 15) is 4.79 Å². The maximum absolute atomic E-state index is 11.5. The Labute approximate surface area is 124 Å². The minimum Gasteiger partial charge on any atom is -0.490 e. The third-order valence-electron chi connectivity index (χ3n) is 2.29. The lowest BCUT2D eigenvalue weighted by atomic mass is 10.2. The summed E-state index contributed by atoms with van der Waals surface area (Å²) in [6, 6.07) is 6.82. The predicted molar refractivity (Wildman–Crippen MR) is 76.3 cm³/mol. The molecule has 1 aromatic carbocycles. The highest BCUT2D eigenvalue weighted by atomic mass is 35.5. The molecule has 0 aliphatic carbocycles. The van der Waals surface area contributed by atoms with E-state index in [-0.39, 0.29) is 12.4 Å². The molecule has 0 heterocycles. The van der Waals surface area contributed by atoms with Crippen LogP contribution in [0, 0.1) is 11.3 Å². The highest BCUT2D eigenvalue weighted by molar-refractivity contribution is 5.85. The van der Waals surface area contributed by atoms with Crippen molar-refractivity contribution in [1.82, 2.24) is 0 Å². The number of nitriles is 1.